The maximum atomic E-state index is 6.34. The average molecular weight is 559 g/mol. The van der Waals surface area contributed by atoms with Crippen molar-refractivity contribution < 1.29 is 32.7 Å². The summed E-state index contributed by atoms with van der Waals surface area (Å²) in [5.41, 5.74) is 9.11. The van der Waals surface area contributed by atoms with Gasteiger partial charge < -0.3 is 10.2 Å². The van der Waals surface area contributed by atoms with Gasteiger partial charge >= 0.3 is 0 Å². The second-order valence-corrected chi connectivity index (χ2v) is 8.76. The molecule has 0 unspecified atom stereocenters. The van der Waals surface area contributed by atoms with Crippen molar-refractivity contribution in [3.63, 3.8) is 0 Å². The van der Waals surface area contributed by atoms with E-state index in [1.54, 1.807) is 6.20 Å². The van der Waals surface area contributed by atoms with Crippen LogP contribution in [0.3, 0.4) is 0 Å². The molecule has 1 heterocycles. The number of rotatable bonds is 10. The molecule has 1 saturated heterocycles. The van der Waals surface area contributed by atoms with Gasteiger partial charge in [0.2, 0.25) is 0 Å². The number of benzene rings is 1. The number of nitrogens with one attached hydrogen (secondary N) is 2. The van der Waals surface area contributed by atoms with Gasteiger partial charge in [-0.25, -0.2) is 6.54 Å². The topological polar surface area (TPSA) is 39.7 Å². The predicted molar refractivity (Wildman–Crippen MR) is 138 cm³/mol. The van der Waals surface area contributed by atoms with Gasteiger partial charge in [0.15, 0.2) is 0 Å². The van der Waals surface area contributed by atoms with Crippen LogP contribution in [-0.2, 0) is 39.1 Å². The predicted octanol–water partition coefficient (Wildman–Crippen LogP) is 6.45. The van der Waals surface area contributed by atoms with Gasteiger partial charge in [0.05, 0.1) is 11.9 Å². The normalized spacial score (nSPS) is 16.8. The van der Waals surface area contributed by atoms with E-state index in [4.69, 9.17) is 23.2 Å². The molecule has 0 atom stereocenters. The van der Waals surface area contributed by atoms with E-state index in [0.717, 1.165) is 54.4 Å². The summed E-state index contributed by atoms with van der Waals surface area (Å²) >= 11 is 12.6. The molecule has 0 spiro atoms. The van der Waals surface area contributed by atoms with Gasteiger partial charge in [-0.3, -0.25) is 5.43 Å². The van der Waals surface area contributed by atoms with Gasteiger partial charge in [-0.15, -0.1) is 6.42 Å². The SMILES string of the molecule is C=CN/N=C\C(=C(/C)c1ccc(C[CH-]NC(=C)C2=C(Cl)CCC=C2Cl)cc1)N1CCCC1.[Y]. The molecule has 2 N–H and O–H groups in total. The second kappa shape index (κ2) is 14.2. The molecule has 2 aliphatic rings. The minimum Gasteiger partial charge on any atom is -0.535 e. The summed E-state index contributed by atoms with van der Waals surface area (Å²) in [5.74, 6) is 0. The largest absolute Gasteiger partial charge is 0.535 e. The Balaban J connectivity index is 0.00000385. The van der Waals surface area contributed by atoms with E-state index in [-0.39, 0.29) is 32.7 Å². The van der Waals surface area contributed by atoms with E-state index >= 15 is 0 Å². The maximum absolute atomic E-state index is 6.34. The summed E-state index contributed by atoms with van der Waals surface area (Å²) in [5, 5.41) is 8.94. The number of hydrazone groups is 1. The Morgan fingerprint density at radius 2 is 1.91 bits per heavy atom. The molecular formula is C26H31Cl2N4Y-. The molecule has 1 fully saturated rings. The van der Waals surface area contributed by atoms with Crippen LogP contribution in [0.25, 0.3) is 5.57 Å². The van der Waals surface area contributed by atoms with Crippen LogP contribution in [-0.4, -0.2) is 24.2 Å². The van der Waals surface area contributed by atoms with Crippen LogP contribution in [0.1, 0.15) is 43.7 Å². The Labute approximate surface area is 233 Å². The molecule has 33 heavy (non-hydrogen) atoms. The molecular weight excluding hydrogens is 528 g/mol. The first-order valence-corrected chi connectivity index (χ1v) is 11.7. The van der Waals surface area contributed by atoms with Crippen LogP contribution in [0.5, 0.6) is 0 Å². The molecule has 7 heteroatoms. The third-order valence-corrected chi connectivity index (χ3v) is 6.41. The van der Waals surface area contributed by atoms with E-state index < -0.39 is 0 Å². The molecule has 1 radical (unpaired) electrons. The summed E-state index contributed by atoms with van der Waals surface area (Å²) < 4.78 is 0. The van der Waals surface area contributed by atoms with Gasteiger partial charge in [0.1, 0.15) is 0 Å². The average Bonchev–Trinajstić information content (AvgIpc) is 3.31. The Morgan fingerprint density at radius 3 is 2.55 bits per heavy atom. The number of halogens is 2. The van der Waals surface area contributed by atoms with Crippen LogP contribution in [0.2, 0.25) is 0 Å². The molecule has 4 nitrogen and oxygen atoms in total. The summed E-state index contributed by atoms with van der Waals surface area (Å²) in [6, 6.07) is 8.64. The van der Waals surface area contributed by atoms with Crippen LogP contribution < -0.4 is 10.7 Å². The van der Waals surface area contributed by atoms with Gasteiger partial charge in [0, 0.05) is 73.3 Å². The second-order valence-electron chi connectivity index (χ2n) is 7.89. The summed E-state index contributed by atoms with van der Waals surface area (Å²) in [6.07, 6.45) is 10.3. The summed E-state index contributed by atoms with van der Waals surface area (Å²) in [6.45, 7) is 14.0. The van der Waals surface area contributed by atoms with Crippen LogP contribution in [0, 0.1) is 6.54 Å². The standard InChI is InChI=1S/C26H31Cl2N4.Y/c1-4-30-31-18-25(32-16-5-6-17-32)19(2)22-12-10-21(11-13-22)14-15-29-20(3)26-23(27)8-7-9-24(26)28;/h4,8,10-13,15,18,29-30H,1,3,5-7,9,14,16-17H2,2H3;/q-1;/b25-19-,31-18-;. The third-order valence-electron chi connectivity index (χ3n) is 5.68. The van der Waals surface area contributed by atoms with E-state index in [0.29, 0.717) is 5.03 Å². The molecule has 1 aliphatic carbocycles. The molecule has 1 aliphatic heterocycles. The van der Waals surface area contributed by atoms with Crippen molar-refractivity contribution in [1.82, 2.24) is 15.6 Å². The van der Waals surface area contributed by atoms with E-state index in [2.05, 4.69) is 65.1 Å². The van der Waals surface area contributed by atoms with Crippen molar-refractivity contribution in [3.05, 3.63) is 94.4 Å². The van der Waals surface area contributed by atoms with E-state index in [1.165, 1.54) is 29.5 Å². The number of hydrogen-bond acceptors (Lipinski definition) is 4. The zero-order valence-electron chi connectivity index (χ0n) is 19.2. The fraction of sp³-hybridized carbons (Fsp3) is 0.308. The Hall–Kier alpha value is -1.33. The minimum absolute atomic E-state index is 0. The monoisotopic (exact) mass is 558 g/mol. The number of hydrogen-bond donors (Lipinski definition) is 2. The fourth-order valence-corrected chi connectivity index (χ4v) is 4.63. The number of allylic oxidation sites excluding steroid dienone is 5. The van der Waals surface area contributed by atoms with Crippen LogP contribution >= 0.6 is 23.2 Å². The minimum atomic E-state index is 0. The van der Waals surface area contributed by atoms with Crippen LogP contribution in [0.4, 0.5) is 0 Å². The molecule has 0 aromatic heterocycles. The van der Waals surface area contributed by atoms with Gasteiger partial charge in [-0.1, -0.05) is 72.3 Å². The van der Waals surface area contributed by atoms with Gasteiger partial charge in [-0.2, -0.15) is 5.10 Å². The molecule has 0 saturated carbocycles. The Morgan fingerprint density at radius 1 is 1.21 bits per heavy atom. The molecule has 1 aromatic rings. The van der Waals surface area contributed by atoms with Crippen molar-refractivity contribution in [2.45, 2.75) is 39.0 Å². The third kappa shape index (κ3) is 7.85. The van der Waals surface area contributed by atoms with Crippen molar-refractivity contribution in [2.75, 3.05) is 13.1 Å². The van der Waals surface area contributed by atoms with E-state index in [9.17, 15) is 0 Å². The smallest absolute Gasteiger partial charge is 0.0708 e. The van der Waals surface area contributed by atoms with Gasteiger partial charge in [0.25, 0.3) is 0 Å². The Kier molecular flexibility index (Phi) is 12.0. The summed E-state index contributed by atoms with van der Waals surface area (Å²) in [7, 11) is 0. The first-order chi connectivity index (χ1) is 15.5. The summed E-state index contributed by atoms with van der Waals surface area (Å²) in [4.78, 5) is 2.39. The number of likely N-dealkylation sites (tertiary alicyclic amines) is 1. The van der Waals surface area contributed by atoms with Crippen molar-refractivity contribution in [1.29, 1.82) is 0 Å². The molecule has 1 aromatic carbocycles. The Bertz CT molecular complexity index is 955. The quantitative estimate of drug-likeness (QED) is 0.197. The molecule has 3 rings (SSSR count). The van der Waals surface area contributed by atoms with Gasteiger partial charge in [-0.05, 0) is 43.7 Å². The number of nitrogens with zero attached hydrogens (tertiary/aromatic N) is 2. The fourth-order valence-electron chi connectivity index (χ4n) is 3.92. The van der Waals surface area contributed by atoms with Crippen LogP contribution in [0.15, 0.2) is 81.8 Å². The van der Waals surface area contributed by atoms with Crippen molar-refractivity contribution in [2.24, 2.45) is 5.10 Å². The molecule has 0 amide bonds. The molecule has 0 bridgehead atoms. The van der Waals surface area contributed by atoms with Crippen molar-refractivity contribution >= 4 is 35.0 Å². The maximum Gasteiger partial charge on any atom is 0.0708 e. The van der Waals surface area contributed by atoms with E-state index in [1.807, 2.05) is 18.8 Å². The zero-order valence-corrected chi connectivity index (χ0v) is 23.6. The van der Waals surface area contributed by atoms with Crippen molar-refractivity contribution in [3.8, 4) is 0 Å². The first-order valence-electron chi connectivity index (χ1n) is 11.0. The first kappa shape index (κ1) is 27.9. The zero-order chi connectivity index (χ0) is 22.9. The molecule has 173 valence electrons.